The van der Waals surface area contributed by atoms with Crippen LogP contribution >= 0.6 is 0 Å². The summed E-state index contributed by atoms with van der Waals surface area (Å²) in [5.74, 6) is -3.80. The van der Waals surface area contributed by atoms with Crippen molar-refractivity contribution in [2.45, 2.75) is 89.8 Å². The maximum Gasteiger partial charge on any atom is 0.320 e. The molecule has 1 saturated carbocycles. The Kier molecular flexibility index (Phi) is 13.8. The molecule has 64 heavy (non-hydrogen) atoms. The lowest BCUT2D eigenvalue weighted by molar-refractivity contribution is -0.145. The molecule has 18 heteroatoms. The van der Waals surface area contributed by atoms with Crippen LogP contribution < -0.4 is 5.32 Å². The van der Waals surface area contributed by atoms with Gasteiger partial charge >= 0.3 is 17.9 Å². The summed E-state index contributed by atoms with van der Waals surface area (Å²) in [4.78, 5) is 101. The van der Waals surface area contributed by atoms with E-state index in [9.17, 15) is 44.1 Å². The Bertz CT molecular complexity index is 2370. The fourth-order valence-electron chi connectivity index (χ4n) is 9.77. The summed E-state index contributed by atoms with van der Waals surface area (Å²) < 4.78 is 0. The number of aromatic nitrogens is 4. The maximum atomic E-state index is 13.1. The highest BCUT2D eigenvalue weighted by Crippen LogP contribution is 2.34. The molecule has 1 atom stereocenters. The van der Waals surface area contributed by atoms with Crippen molar-refractivity contribution in [3.8, 4) is 0 Å². The number of fused-ring (bicyclic) bond motifs is 6. The third kappa shape index (κ3) is 10.3. The standard InChI is InChI=1S/C46H55N9O9/c56-37-16-17-38(57)55(37)23-28-8-10-29(11-9-28)45(62)47-18-4-3-7-36(46(63)64)54-21-19-52(26-39(58)59)24-30-12-14-32-41(48-30)42-33(44-43(32)50-34-5-1-2-6-35(34)51-44)15-13-31(49-42)25-53(20-22-54)27-40(60)61/h12-17,28-29,36H,1-11,18-27H2,(H,47,62)(H,58,59)(H,60,61)(H,63,64)/t28?,29?,36-/m0/s1. The first-order chi connectivity index (χ1) is 30.9. The number of nitrogens with zero attached hydrogens (tertiary/aromatic N) is 8. The zero-order chi connectivity index (χ0) is 44.9. The number of rotatable bonds is 14. The Labute approximate surface area is 369 Å². The van der Waals surface area contributed by atoms with Gasteiger partial charge in [0, 0.05) is 81.2 Å². The number of nitrogens with one attached hydrogen (secondary N) is 1. The lowest BCUT2D eigenvalue weighted by Gasteiger charge is -2.33. The highest BCUT2D eigenvalue weighted by molar-refractivity contribution is 6.20. The molecule has 4 N–H and O–H groups in total. The van der Waals surface area contributed by atoms with Gasteiger partial charge in [-0.3, -0.25) is 48.4 Å². The van der Waals surface area contributed by atoms with Gasteiger partial charge in [-0.05, 0) is 101 Å². The number of hydrogen-bond acceptors (Lipinski definition) is 13. The van der Waals surface area contributed by atoms with Gasteiger partial charge in [0.15, 0.2) is 0 Å². The minimum Gasteiger partial charge on any atom is -0.480 e. The molecule has 4 aromatic rings. The molecule has 0 saturated heterocycles. The Morgan fingerprint density at radius 3 is 1.69 bits per heavy atom. The van der Waals surface area contributed by atoms with E-state index in [1.807, 2.05) is 24.3 Å². The van der Waals surface area contributed by atoms with Gasteiger partial charge in [0.1, 0.15) is 6.04 Å². The van der Waals surface area contributed by atoms with Crippen LogP contribution in [-0.2, 0) is 54.7 Å². The molecule has 2 aliphatic carbocycles. The van der Waals surface area contributed by atoms with E-state index in [1.54, 1.807) is 14.7 Å². The van der Waals surface area contributed by atoms with Crippen LogP contribution in [0, 0.1) is 11.8 Å². The summed E-state index contributed by atoms with van der Waals surface area (Å²) in [6.45, 7) is 1.23. The van der Waals surface area contributed by atoms with Crippen molar-refractivity contribution >= 4 is 68.5 Å². The monoisotopic (exact) mass is 877 g/mol. The maximum absolute atomic E-state index is 13.1. The number of unbranched alkanes of at least 4 members (excludes halogenated alkanes) is 1. The number of hydrogen-bond donors (Lipinski definition) is 4. The van der Waals surface area contributed by atoms with Crippen LogP contribution in [0.4, 0.5) is 0 Å². The van der Waals surface area contributed by atoms with Gasteiger partial charge in [-0.1, -0.05) is 0 Å². The Hall–Kier alpha value is -5.98. The van der Waals surface area contributed by atoms with E-state index >= 15 is 0 Å². The van der Waals surface area contributed by atoms with E-state index in [1.165, 1.54) is 17.1 Å². The number of pyridine rings is 2. The average molecular weight is 878 g/mol. The summed E-state index contributed by atoms with van der Waals surface area (Å²) >= 11 is 0. The third-order valence-electron chi connectivity index (χ3n) is 13.2. The molecule has 338 valence electrons. The minimum atomic E-state index is -1.05. The van der Waals surface area contributed by atoms with E-state index in [2.05, 4.69) is 5.32 Å². The topological polar surface area (TPSA) is 240 Å². The van der Waals surface area contributed by atoms with E-state index in [0.717, 1.165) is 71.7 Å². The molecule has 1 aromatic carbocycles. The summed E-state index contributed by atoms with van der Waals surface area (Å²) in [6, 6.07) is 6.64. The lowest BCUT2D eigenvalue weighted by atomic mass is 9.81. The van der Waals surface area contributed by atoms with Crippen molar-refractivity contribution in [2.75, 3.05) is 52.4 Å². The summed E-state index contributed by atoms with van der Waals surface area (Å²) in [5.41, 5.74) is 5.84. The Morgan fingerprint density at radius 2 is 1.19 bits per heavy atom. The molecule has 3 amide bonds. The smallest absolute Gasteiger partial charge is 0.320 e. The normalized spacial score (nSPS) is 20.8. The van der Waals surface area contributed by atoms with Crippen molar-refractivity contribution in [3.05, 3.63) is 59.2 Å². The van der Waals surface area contributed by atoms with Crippen LogP contribution in [0.2, 0.25) is 0 Å². The number of benzene rings is 1. The van der Waals surface area contributed by atoms with E-state index in [-0.39, 0.29) is 88.3 Å². The number of carbonyl (C=O) groups excluding carboxylic acids is 3. The number of carboxylic acids is 3. The molecule has 0 spiro atoms. The van der Waals surface area contributed by atoms with Crippen LogP contribution in [0.3, 0.4) is 0 Å². The van der Waals surface area contributed by atoms with Crippen LogP contribution in [0.25, 0.3) is 32.8 Å². The number of carboxylic acid groups (broad SMARTS) is 3. The van der Waals surface area contributed by atoms with Gasteiger partial charge < -0.3 is 20.6 Å². The highest BCUT2D eigenvalue weighted by atomic mass is 16.4. The van der Waals surface area contributed by atoms with Gasteiger partial charge in [-0.25, -0.2) is 19.9 Å². The van der Waals surface area contributed by atoms with E-state index in [0.29, 0.717) is 61.2 Å². The first-order valence-electron chi connectivity index (χ1n) is 22.5. The molecule has 1 fully saturated rings. The van der Waals surface area contributed by atoms with Crippen molar-refractivity contribution < 1.29 is 44.1 Å². The predicted molar refractivity (Wildman–Crippen MR) is 234 cm³/mol. The predicted octanol–water partition coefficient (Wildman–Crippen LogP) is 3.16. The van der Waals surface area contributed by atoms with Crippen molar-refractivity contribution in [1.82, 2.24) is 44.9 Å². The zero-order valence-electron chi connectivity index (χ0n) is 35.9. The van der Waals surface area contributed by atoms with Crippen LogP contribution in [0.15, 0.2) is 36.4 Å². The number of carbonyl (C=O) groups is 6. The van der Waals surface area contributed by atoms with Crippen molar-refractivity contribution in [2.24, 2.45) is 11.8 Å². The number of amides is 3. The molecule has 18 nitrogen and oxygen atoms in total. The number of aliphatic carboxylic acids is 3. The average Bonchev–Trinajstić information content (AvgIpc) is 3.58. The SMILES string of the molecule is O=C(O)CN1CCN([C@@H](CCCCNC(=O)C2CCC(CN3C(=O)C=CC3=O)CC2)C(=O)O)CCN(CC(=O)O)Cc2ccc3c(n2)c2nc(ccc2c2nc4c(nc32)CCCC4)C1. The molecule has 4 bridgehead atoms. The van der Waals surface area contributed by atoms with Gasteiger partial charge in [-0.15, -0.1) is 0 Å². The van der Waals surface area contributed by atoms with Crippen LogP contribution in [-0.4, -0.2) is 149 Å². The molecule has 4 aliphatic rings. The van der Waals surface area contributed by atoms with Gasteiger partial charge in [0.05, 0.1) is 57.9 Å². The van der Waals surface area contributed by atoms with Crippen LogP contribution in [0.5, 0.6) is 0 Å². The fourth-order valence-corrected chi connectivity index (χ4v) is 9.77. The first kappa shape index (κ1) is 44.6. The summed E-state index contributed by atoms with van der Waals surface area (Å²) in [5, 5.41) is 35.1. The van der Waals surface area contributed by atoms with E-state index < -0.39 is 23.9 Å². The highest BCUT2D eigenvalue weighted by Gasteiger charge is 2.32. The zero-order valence-corrected chi connectivity index (χ0v) is 35.9. The first-order valence-corrected chi connectivity index (χ1v) is 22.5. The van der Waals surface area contributed by atoms with Crippen LogP contribution in [0.1, 0.15) is 80.6 Å². The third-order valence-corrected chi connectivity index (χ3v) is 13.2. The molecule has 0 radical (unpaired) electrons. The largest absolute Gasteiger partial charge is 0.480 e. The minimum absolute atomic E-state index is 0.0588. The van der Waals surface area contributed by atoms with Crippen molar-refractivity contribution in [1.29, 1.82) is 0 Å². The molecular formula is C46H55N9O9. The quantitative estimate of drug-likeness (QED) is 0.0808. The second-order valence-electron chi connectivity index (χ2n) is 17.6. The molecule has 5 heterocycles. The molecule has 2 aliphatic heterocycles. The molecule has 3 aromatic heterocycles. The summed E-state index contributed by atoms with van der Waals surface area (Å²) in [6.07, 6.45) is 10.4. The fraction of sp³-hybridized carbons (Fsp3) is 0.522. The summed E-state index contributed by atoms with van der Waals surface area (Å²) in [7, 11) is 0. The Balaban J connectivity index is 0.974. The molecular weight excluding hydrogens is 823 g/mol. The number of aryl methyl sites for hydroxylation is 2. The number of imide groups is 1. The van der Waals surface area contributed by atoms with Gasteiger partial charge in [-0.2, -0.15) is 0 Å². The van der Waals surface area contributed by atoms with Crippen molar-refractivity contribution in [3.63, 3.8) is 0 Å². The second kappa shape index (κ2) is 19.8. The van der Waals surface area contributed by atoms with E-state index in [4.69, 9.17) is 19.9 Å². The van der Waals surface area contributed by atoms with Gasteiger partial charge in [0.2, 0.25) is 5.91 Å². The molecule has 0 unspecified atom stereocenters. The lowest BCUT2D eigenvalue weighted by Crippen LogP contribution is -2.49. The molecule has 8 rings (SSSR count). The Morgan fingerprint density at radius 1 is 0.672 bits per heavy atom. The van der Waals surface area contributed by atoms with Gasteiger partial charge in [0.25, 0.3) is 11.8 Å². The second-order valence-corrected chi connectivity index (χ2v) is 17.6.